The number of thiophene rings is 1. The largest absolute Gasteiger partial charge is 0.390 e. The van der Waals surface area contributed by atoms with Crippen LogP contribution in [0, 0.1) is 0 Å². The van der Waals surface area contributed by atoms with Crippen molar-refractivity contribution < 1.29 is 5.11 Å². The van der Waals surface area contributed by atoms with Gasteiger partial charge in [-0.05, 0) is 42.3 Å². The van der Waals surface area contributed by atoms with Crippen LogP contribution in [-0.4, -0.2) is 10.7 Å². The Hall–Kier alpha value is -0.380. The number of aliphatic hydroxyl groups is 1. The standard InChI is InChI=1S/C12H13BrOS/c1-12(2,14)6-8-7-15-11-5-9(13)3-4-10(8)11/h3-5,7,14H,6H2,1-2H3. The van der Waals surface area contributed by atoms with E-state index in [4.69, 9.17) is 0 Å². The molecule has 80 valence electrons. The third-order valence-electron chi connectivity index (χ3n) is 2.24. The zero-order chi connectivity index (χ0) is 11.1. The molecule has 1 nitrogen and oxygen atoms in total. The Bertz CT molecular complexity index is 482. The lowest BCUT2D eigenvalue weighted by molar-refractivity contribution is 0.0814. The van der Waals surface area contributed by atoms with E-state index in [-0.39, 0.29) is 0 Å². The molecule has 1 aromatic heterocycles. The van der Waals surface area contributed by atoms with Gasteiger partial charge in [-0.25, -0.2) is 0 Å². The summed E-state index contributed by atoms with van der Waals surface area (Å²) < 4.78 is 2.37. The van der Waals surface area contributed by atoms with Crippen LogP contribution in [0.1, 0.15) is 19.4 Å². The molecule has 3 heteroatoms. The molecule has 0 fully saturated rings. The van der Waals surface area contributed by atoms with Gasteiger partial charge in [0.1, 0.15) is 0 Å². The van der Waals surface area contributed by atoms with Crippen molar-refractivity contribution in [2.45, 2.75) is 25.9 Å². The van der Waals surface area contributed by atoms with Crippen LogP contribution in [0.2, 0.25) is 0 Å². The quantitative estimate of drug-likeness (QED) is 0.885. The lowest BCUT2D eigenvalue weighted by Gasteiger charge is -2.16. The van der Waals surface area contributed by atoms with Crippen LogP contribution in [0.25, 0.3) is 10.1 Å². The average molecular weight is 285 g/mol. The predicted molar refractivity (Wildman–Crippen MR) is 69.5 cm³/mol. The van der Waals surface area contributed by atoms with Crippen molar-refractivity contribution in [3.05, 3.63) is 33.6 Å². The first-order chi connectivity index (χ1) is 6.96. The van der Waals surface area contributed by atoms with Gasteiger partial charge in [0, 0.05) is 15.6 Å². The second-order valence-electron chi connectivity index (χ2n) is 4.39. The van der Waals surface area contributed by atoms with Crippen LogP contribution in [0.3, 0.4) is 0 Å². The molecule has 0 saturated heterocycles. The Morgan fingerprint density at radius 1 is 1.40 bits per heavy atom. The fourth-order valence-electron chi connectivity index (χ4n) is 1.66. The van der Waals surface area contributed by atoms with E-state index in [9.17, 15) is 5.11 Å². The van der Waals surface area contributed by atoms with Gasteiger partial charge in [0.2, 0.25) is 0 Å². The molecule has 0 bridgehead atoms. The molecule has 0 unspecified atom stereocenters. The molecule has 2 rings (SSSR count). The molecule has 15 heavy (non-hydrogen) atoms. The lowest BCUT2D eigenvalue weighted by Crippen LogP contribution is -2.21. The monoisotopic (exact) mass is 284 g/mol. The summed E-state index contributed by atoms with van der Waals surface area (Å²) in [6, 6.07) is 6.27. The molecule has 0 radical (unpaired) electrons. The molecule has 1 heterocycles. The van der Waals surface area contributed by atoms with Gasteiger partial charge in [-0.15, -0.1) is 11.3 Å². The summed E-state index contributed by atoms with van der Waals surface area (Å²) in [4.78, 5) is 0. The van der Waals surface area contributed by atoms with Gasteiger partial charge in [0.25, 0.3) is 0 Å². The first-order valence-corrected chi connectivity index (χ1v) is 6.51. The van der Waals surface area contributed by atoms with Crippen LogP contribution < -0.4 is 0 Å². The van der Waals surface area contributed by atoms with Crippen LogP contribution in [-0.2, 0) is 6.42 Å². The van der Waals surface area contributed by atoms with Crippen molar-refractivity contribution in [2.24, 2.45) is 0 Å². The van der Waals surface area contributed by atoms with Crippen LogP contribution >= 0.6 is 27.3 Å². The van der Waals surface area contributed by atoms with Gasteiger partial charge >= 0.3 is 0 Å². The Balaban J connectivity index is 2.45. The molecule has 0 aliphatic heterocycles. The maximum Gasteiger partial charge on any atom is 0.0632 e. The Kier molecular flexibility index (Phi) is 2.88. The van der Waals surface area contributed by atoms with E-state index in [0.717, 1.165) is 4.47 Å². The molecule has 0 saturated carbocycles. The first kappa shape index (κ1) is 11.1. The Morgan fingerprint density at radius 3 is 2.80 bits per heavy atom. The SMILES string of the molecule is CC(C)(O)Cc1csc2cc(Br)ccc12. The number of benzene rings is 1. The number of fused-ring (bicyclic) bond motifs is 1. The van der Waals surface area contributed by atoms with E-state index in [1.807, 2.05) is 19.9 Å². The maximum atomic E-state index is 9.80. The van der Waals surface area contributed by atoms with E-state index in [2.05, 4.69) is 33.4 Å². The summed E-state index contributed by atoms with van der Waals surface area (Å²) in [5, 5.41) is 13.2. The van der Waals surface area contributed by atoms with Gasteiger partial charge in [0.15, 0.2) is 0 Å². The molecule has 0 spiro atoms. The topological polar surface area (TPSA) is 20.2 Å². The van der Waals surface area contributed by atoms with E-state index >= 15 is 0 Å². The Morgan fingerprint density at radius 2 is 2.13 bits per heavy atom. The highest BCUT2D eigenvalue weighted by molar-refractivity contribution is 9.10. The van der Waals surface area contributed by atoms with Crippen molar-refractivity contribution in [3.8, 4) is 0 Å². The summed E-state index contributed by atoms with van der Waals surface area (Å²) in [6.07, 6.45) is 0.703. The first-order valence-electron chi connectivity index (χ1n) is 4.84. The minimum atomic E-state index is -0.638. The third kappa shape index (κ3) is 2.60. The van der Waals surface area contributed by atoms with E-state index in [0.29, 0.717) is 6.42 Å². The number of rotatable bonds is 2. The van der Waals surface area contributed by atoms with Gasteiger partial charge in [-0.1, -0.05) is 22.0 Å². The van der Waals surface area contributed by atoms with Crippen molar-refractivity contribution >= 4 is 37.4 Å². The van der Waals surface area contributed by atoms with Gasteiger partial charge in [0.05, 0.1) is 5.60 Å². The summed E-state index contributed by atoms with van der Waals surface area (Å²) >= 11 is 5.19. The van der Waals surface area contributed by atoms with Crippen molar-refractivity contribution in [2.75, 3.05) is 0 Å². The molecule has 2 aromatic rings. The number of hydrogen-bond acceptors (Lipinski definition) is 2. The molecule has 0 aliphatic carbocycles. The zero-order valence-corrected chi connectivity index (χ0v) is 11.2. The molecule has 0 amide bonds. The number of hydrogen-bond donors (Lipinski definition) is 1. The molecule has 1 N–H and O–H groups in total. The zero-order valence-electron chi connectivity index (χ0n) is 8.75. The van der Waals surface area contributed by atoms with Crippen molar-refractivity contribution in [1.82, 2.24) is 0 Å². The van der Waals surface area contributed by atoms with Crippen molar-refractivity contribution in [3.63, 3.8) is 0 Å². The van der Waals surface area contributed by atoms with E-state index in [1.54, 1.807) is 11.3 Å². The van der Waals surface area contributed by atoms with E-state index < -0.39 is 5.60 Å². The minimum Gasteiger partial charge on any atom is -0.390 e. The summed E-state index contributed by atoms with van der Waals surface area (Å²) in [5.41, 5.74) is 0.594. The molecule has 1 aromatic carbocycles. The molecule has 0 atom stereocenters. The molecule has 0 aliphatic rings. The van der Waals surface area contributed by atoms with Gasteiger partial charge < -0.3 is 5.11 Å². The highest BCUT2D eigenvalue weighted by Gasteiger charge is 2.16. The molecular formula is C12H13BrOS. The summed E-state index contributed by atoms with van der Waals surface area (Å²) in [6.45, 7) is 3.69. The van der Waals surface area contributed by atoms with Gasteiger partial charge in [-0.3, -0.25) is 0 Å². The predicted octanol–water partition coefficient (Wildman–Crippen LogP) is 3.98. The smallest absolute Gasteiger partial charge is 0.0632 e. The minimum absolute atomic E-state index is 0.638. The second-order valence-corrected chi connectivity index (χ2v) is 6.22. The fraction of sp³-hybridized carbons (Fsp3) is 0.333. The third-order valence-corrected chi connectivity index (χ3v) is 3.73. The maximum absolute atomic E-state index is 9.80. The highest BCUT2D eigenvalue weighted by atomic mass is 79.9. The average Bonchev–Trinajstić information content (AvgIpc) is 2.45. The Labute approximate surface area is 102 Å². The second kappa shape index (κ2) is 3.89. The van der Waals surface area contributed by atoms with Crippen LogP contribution in [0.5, 0.6) is 0 Å². The van der Waals surface area contributed by atoms with Crippen LogP contribution in [0.4, 0.5) is 0 Å². The number of halogens is 1. The van der Waals surface area contributed by atoms with E-state index in [1.165, 1.54) is 15.6 Å². The van der Waals surface area contributed by atoms with Crippen molar-refractivity contribution in [1.29, 1.82) is 0 Å². The van der Waals surface area contributed by atoms with Gasteiger partial charge in [-0.2, -0.15) is 0 Å². The fourth-order valence-corrected chi connectivity index (χ4v) is 3.17. The normalized spacial score (nSPS) is 12.3. The highest BCUT2D eigenvalue weighted by Crippen LogP contribution is 2.30. The summed E-state index contributed by atoms with van der Waals surface area (Å²) in [7, 11) is 0. The molecular weight excluding hydrogens is 272 g/mol. The summed E-state index contributed by atoms with van der Waals surface area (Å²) in [5.74, 6) is 0. The van der Waals surface area contributed by atoms with Crippen LogP contribution in [0.15, 0.2) is 28.1 Å². The lowest BCUT2D eigenvalue weighted by atomic mass is 9.98.